The number of hydrogen-bond donors (Lipinski definition) is 1. The highest BCUT2D eigenvalue weighted by Crippen LogP contribution is 2.09. The first-order chi connectivity index (χ1) is 7.34. The Balaban J connectivity index is 1.77. The van der Waals surface area contributed by atoms with Gasteiger partial charge >= 0.3 is 0 Å². The van der Waals surface area contributed by atoms with E-state index in [-0.39, 0.29) is 0 Å². The van der Waals surface area contributed by atoms with Crippen LogP contribution in [0.1, 0.15) is 18.4 Å². The first-order valence-corrected chi connectivity index (χ1v) is 6.80. The summed E-state index contributed by atoms with van der Waals surface area (Å²) in [6.45, 7) is 0.866. The molecule has 1 aromatic heterocycles. The molecule has 4 heteroatoms. The van der Waals surface area contributed by atoms with E-state index in [1.54, 1.807) is 6.20 Å². The summed E-state index contributed by atoms with van der Waals surface area (Å²) in [6, 6.07) is 4.55. The summed E-state index contributed by atoms with van der Waals surface area (Å²) in [5.41, 5.74) is 1.21. The summed E-state index contributed by atoms with van der Waals surface area (Å²) >= 11 is 0. The Labute approximate surface area is 92.8 Å². The van der Waals surface area contributed by atoms with Crippen LogP contribution >= 0.6 is 0 Å². The molecule has 0 radical (unpaired) electrons. The van der Waals surface area contributed by atoms with E-state index >= 15 is 0 Å². The standard InChI is InChI=1S/C11H16N2OS/c14-15-6-3-11(4-7-15)13-9-10-2-1-5-12-8-10/h1-2,5,8,11,13H,3-4,6-7,9H2. The van der Waals surface area contributed by atoms with Gasteiger partial charge in [0.25, 0.3) is 0 Å². The number of aromatic nitrogens is 1. The van der Waals surface area contributed by atoms with Gasteiger partial charge in [-0.3, -0.25) is 9.19 Å². The third-order valence-corrected chi connectivity index (χ3v) is 4.09. The summed E-state index contributed by atoms with van der Waals surface area (Å²) in [5, 5.41) is 3.48. The molecule has 1 aromatic rings. The van der Waals surface area contributed by atoms with E-state index in [1.165, 1.54) is 5.56 Å². The minimum atomic E-state index is -0.561. The van der Waals surface area contributed by atoms with Crippen LogP contribution in [-0.2, 0) is 17.3 Å². The van der Waals surface area contributed by atoms with Crippen molar-refractivity contribution in [3.8, 4) is 0 Å². The molecule has 2 rings (SSSR count). The zero-order chi connectivity index (χ0) is 10.5. The van der Waals surface area contributed by atoms with Crippen LogP contribution in [0.4, 0.5) is 0 Å². The molecule has 0 aromatic carbocycles. The highest BCUT2D eigenvalue weighted by atomic mass is 32.2. The summed E-state index contributed by atoms with van der Waals surface area (Å²) < 4.78 is 11.2. The maximum Gasteiger partial charge on any atom is 0.0312 e. The lowest BCUT2D eigenvalue weighted by Gasteiger charge is -2.22. The zero-order valence-electron chi connectivity index (χ0n) is 8.69. The first-order valence-electron chi connectivity index (χ1n) is 5.32. The molecule has 0 amide bonds. The summed E-state index contributed by atoms with van der Waals surface area (Å²) in [5.74, 6) is 1.70. The van der Waals surface area contributed by atoms with Crippen molar-refractivity contribution in [1.29, 1.82) is 0 Å². The second-order valence-electron chi connectivity index (χ2n) is 3.86. The van der Waals surface area contributed by atoms with Crippen molar-refractivity contribution < 1.29 is 4.21 Å². The van der Waals surface area contributed by atoms with Crippen LogP contribution in [0.5, 0.6) is 0 Å². The van der Waals surface area contributed by atoms with Gasteiger partial charge in [-0.15, -0.1) is 0 Å². The van der Waals surface area contributed by atoms with Crippen molar-refractivity contribution in [2.75, 3.05) is 11.5 Å². The van der Waals surface area contributed by atoms with Crippen molar-refractivity contribution in [2.24, 2.45) is 0 Å². The lowest BCUT2D eigenvalue weighted by atomic mass is 10.1. The summed E-state index contributed by atoms with van der Waals surface area (Å²) in [6.07, 6.45) is 5.74. The summed E-state index contributed by atoms with van der Waals surface area (Å²) in [4.78, 5) is 4.07. The third-order valence-electron chi connectivity index (χ3n) is 2.71. The average molecular weight is 224 g/mol. The summed E-state index contributed by atoms with van der Waals surface area (Å²) in [7, 11) is -0.561. The SMILES string of the molecule is O=S1CCC(NCc2cccnc2)CC1. The number of pyridine rings is 1. The molecule has 2 heterocycles. The van der Waals surface area contributed by atoms with E-state index < -0.39 is 10.8 Å². The van der Waals surface area contributed by atoms with Crippen LogP contribution < -0.4 is 5.32 Å². The van der Waals surface area contributed by atoms with E-state index in [1.807, 2.05) is 12.3 Å². The van der Waals surface area contributed by atoms with E-state index in [4.69, 9.17) is 0 Å². The third kappa shape index (κ3) is 3.39. The van der Waals surface area contributed by atoms with Gasteiger partial charge in [-0.25, -0.2) is 0 Å². The van der Waals surface area contributed by atoms with Gasteiger partial charge < -0.3 is 5.32 Å². The van der Waals surface area contributed by atoms with E-state index in [0.717, 1.165) is 30.9 Å². The fourth-order valence-corrected chi connectivity index (χ4v) is 3.06. The van der Waals surface area contributed by atoms with Gasteiger partial charge in [0.1, 0.15) is 0 Å². The molecule has 0 unspecified atom stereocenters. The molecule has 1 N–H and O–H groups in total. The Kier molecular flexibility index (Phi) is 3.86. The monoisotopic (exact) mass is 224 g/mol. The Morgan fingerprint density at radius 2 is 2.27 bits per heavy atom. The fourth-order valence-electron chi connectivity index (χ4n) is 1.76. The quantitative estimate of drug-likeness (QED) is 0.835. The Morgan fingerprint density at radius 1 is 1.47 bits per heavy atom. The van der Waals surface area contributed by atoms with Gasteiger partial charge in [0, 0.05) is 47.3 Å². The molecule has 15 heavy (non-hydrogen) atoms. The van der Waals surface area contributed by atoms with E-state index in [9.17, 15) is 4.21 Å². The number of nitrogens with one attached hydrogen (secondary N) is 1. The Morgan fingerprint density at radius 3 is 2.93 bits per heavy atom. The van der Waals surface area contributed by atoms with Gasteiger partial charge in [0.2, 0.25) is 0 Å². The molecule has 3 nitrogen and oxygen atoms in total. The second-order valence-corrected chi connectivity index (χ2v) is 5.56. The van der Waals surface area contributed by atoms with Crippen molar-refractivity contribution in [3.63, 3.8) is 0 Å². The van der Waals surface area contributed by atoms with Crippen LogP contribution in [0.2, 0.25) is 0 Å². The number of nitrogens with zero attached hydrogens (tertiary/aromatic N) is 1. The molecule has 1 aliphatic heterocycles. The smallest absolute Gasteiger partial charge is 0.0312 e. The van der Waals surface area contributed by atoms with Crippen LogP contribution in [0, 0.1) is 0 Å². The number of rotatable bonds is 3. The number of hydrogen-bond acceptors (Lipinski definition) is 3. The predicted octanol–water partition coefficient (Wildman–Crippen LogP) is 1.08. The molecule has 0 atom stereocenters. The predicted molar refractivity (Wildman–Crippen MR) is 62.0 cm³/mol. The normalized spacial score (nSPS) is 26.4. The molecule has 0 saturated carbocycles. The lowest BCUT2D eigenvalue weighted by Crippen LogP contribution is -2.35. The van der Waals surface area contributed by atoms with E-state index in [0.29, 0.717) is 6.04 Å². The Bertz CT molecular complexity index is 319. The molecular formula is C11H16N2OS. The van der Waals surface area contributed by atoms with Gasteiger partial charge in [-0.2, -0.15) is 0 Å². The lowest BCUT2D eigenvalue weighted by molar-refractivity contribution is 0.475. The van der Waals surface area contributed by atoms with E-state index in [2.05, 4.69) is 16.4 Å². The minimum Gasteiger partial charge on any atom is -0.310 e. The first kappa shape index (κ1) is 10.8. The molecule has 1 aliphatic rings. The zero-order valence-corrected chi connectivity index (χ0v) is 9.50. The largest absolute Gasteiger partial charge is 0.310 e. The van der Waals surface area contributed by atoms with Crippen LogP contribution in [0.25, 0.3) is 0 Å². The maximum atomic E-state index is 11.2. The van der Waals surface area contributed by atoms with Crippen LogP contribution in [0.15, 0.2) is 24.5 Å². The van der Waals surface area contributed by atoms with Gasteiger partial charge in [0.15, 0.2) is 0 Å². The van der Waals surface area contributed by atoms with Gasteiger partial charge in [-0.05, 0) is 24.5 Å². The Hall–Kier alpha value is -0.740. The molecule has 0 bridgehead atoms. The molecular weight excluding hydrogens is 208 g/mol. The molecule has 1 fully saturated rings. The molecule has 0 spiro atoms. The molecule has 82 valence electrons. The minimum absolute atomic E-state index is 0.530. The van der Waals surface area contributed by atoms with Gasteiger partial charge in [-0.1, -0.05) is 6.07 Å². The van der Waals surface area contributed by atoms with Crippen molar-refractivity contribution in [2.45, 2.75) is 25.4 Å². The van der Waals surface area contributed by atoms with Crippen LogP contribution in [-0.4, -0.2) is 26.7 Å². The van der Waals surface area contributed by atoms with Gasteiger partial charge in [0.05, 0.1) is 0 Å². The fraction of sp³-hybridized carbons (Fsp3) is 0.545. The van der Waals surface area contributed by atoms with Crippen molar-refractivity contribution in [1.82, 2.24) is 10.3 Å². The van der Waals surface area contributed by atoms with Crippen molar-refractivity contribution in [3.05, 3.63) is 30.1 Å². The maximum absolute atomic E-state index is 11.2. The second kappa shape index (κ2) is 5.37. The highest BCUT2D eigenvalue weighted by Gasteiger charge is 2.16. The highest BCUT2D eigenvalue weighted by molar-refractivity contribution is 7.85. The average Bonchev–Trinajstić information content (AvgIpc) is 2.30. The molecule has 0 aliphatic carbocycles. The van der Waals surface area contributed by atoms with Crippen LogP contribution in [0.3, 0.4) is 0 Å². The van der Waals surface area contributed by atoms with Crippen molar-refractivity contribution >= 4 is 10.8 Å². The topological polar surface area (TPSA) is 42.0 Å². The molecule has 1 saturated heterocycles.